The van der Waals surface area contributed by atoms with Gasteiger partial charge in [-0.2, -0.15) is 12.6 Å². The smallest absolute Gasteiger partial charge is 0.332 e. The number of carbonyl (C=O) groups is 1. The van der Waals surface area contributed by atoms with E-state index in [0.717, 1.165) is 47.5 Å². The average molecular weight is 455 g/mol. The summed E-state index contributed by atoms with van der Waals surface area (Å²) < 4.78 is 5.73. The number of aromatic nitrogens is 1. The van der Waals surface area contributed by atoms with Crippen LogP contribution in [0.1, 0.15) is 56.9 Å². The fourth-order valence-electron chi connectivity index (χ4n) is 3.24. The first kappa shape index (κ1) is 24.2. The largest absolute Gasteiger partial charge is 0.428 e. The third kappa shape index (κ3) is 6.08. The number of hydrogen-bond acceptors (Lipinski definition) is 5. The number of benzene rings is 1. The van der Waals surface area contributed by atoms with Crippen LogP contribution in [0.5, 0.6) is 0 Å². The van der Waals surface area contributed by atoms with Crippen LogP contribution in [0, 0.1) is 6.92 Å². The number of likely N-dealkylation sites (tertiary alicyclic amines) is 1. The van der Waals surface area contributed by atoms with Gasteiger partial charge in [-0.25, -0.2) is 0 Å². The first-order chi connectivity index (χ1) is 14.6. The lowest BCUT2D eigenvalue weighted by Gasteiger charge is -2.38. The van der Waals surface area contributed by atoms with Gasteiger partial charge >= 0.3 is 7.48 Å². The predicted molar refractivity (Wildman–Crippen MR) is 133 cm³/mol. The van der Waals surface area contributed by atoms with E-state index in [1.807, 2.05) is 69.9 Å². The highest BCUT2D eigenvalue weighted by Crippen LogP contribution is 2.37. The topological polar surface area (TPSA) is 42.4 Å². The molecule has 1 aliphatic rings. The molecule has 4 nitrogen and oxygen atoms in total. The Balaban J connectivity index is 1.76. The van der Waals surface area contributed by atoms with Crippen LogP contribution in [-0.2, 0) is 9.45 Å². The molecule has 3 rings (SSSR count). The van der Waals surface area contributed by atoms with Crippen LogP contribution < -0.4 is 5.46 Å². The van der Waals surface area contributed by atoms with E-state index in [-0.39, 0.29) is 15.9 Å². The van der Waals surface area contributed by atoms with Crippen LogP contribution >= 0.6 is 24.4 Å². The third-order valence-corrected chi connectivity index (χ3v) is 7.89. The van der Waals surface area contributed by atoms with Crippen molar-refractivity contribution in [2.24, 2.45) is 0 Å². The number of hydrogen-bond donors (Lipinski definition) is 1. The second-order valence-corrected chi connectivity index (χ2v) is 11.3. The van der Waals surface area contributed by atoms with Crippen molar-refractivity contribution in [3.8, 4) is 0 Å². The van der Waals surface area contributed by atoms with Gasteiger partial charge in [0.1, 0.15) is 5.25 Å². The highest BCUT2D eigenvalue weighted by Gasteiger charge is 2.34. The molecule has 0 saturated carbocycles. The summed E-state index contributed by atoms with van der Waals surface area (Å²) in [6, 6.07) is 12.1. The third-order valence-electron chi connectivity index (χ3n) is 5.99. The number of aryl methyl sites for hydroxylation is 1. The van der Waals surface area contributed by atoms with Gasteiger partial charge in [-0.3, -0.25) is 9.78 Å². The number of amides is 1. The van der Waals surface area contributed by atoms with Crippen LogP contribution in [0.3, 0.4) is 0 Å². The lowest BCUT2D eigenvalue weighted by atomic mass is 9.84. The second kappa shape index (κ2) is 10.0. The van der Waals surface area contributed by atoms with Crippen LogP contribution in [0.4, 0.5) is 0 Å². The number of nitrogens with zero attached hydrogens (tertiary/aromatic N) is 2. The minimum atomic E-state index is -0.433. The first-order valence-corrected chi connectivity index (χ1v) is 12.1. The summed E-state index contributed by atoms with van der Waals surface area (Å²) in [6.07, 6.45) is 3.97. The molecular weight excluding hydrogens is 423 g/mol. The van der Waals surface area contributed by atoms with Crippen LogP contribution in [0.15, 0.2) is 47.6 Å². The Morgan fingerprint density at radius 2 is 1.84 bits per heavy atom. The Bertz CT molecular complexity index is 894. The monoisotopic (exact) mass is 455 g/mol. The number of pyridine rings is 1. The lowest BCUT2D eigenvalue weighted by molar-refractivity contribution is -0.129. The molecule has 1 unspecified atom stereocenters. The number of thiol groups is 1. The normalized spacial score (nSPS) is 15.7. The molecule has 2 heterocycles. The van der Waals surface area contributed by atoms with E-state index in [0.29, 0.717) is 0 Å². The van der Waals surface area contributed by atoms with Crippen molar-refractivity contribution in [1.29, 1.82) is 0 Å². The summed E-state index contributed by atoms with van der Waals surface area (Å²) in [5.74, 6) is 0.173. The van der Waals surface area contributed by atoms with E-state index in [1.54, 1.807) is 13.7 Å². The fraction of sp³-hybridized carbons (Fsp3) is 0.500. The molecule has 1 aliphatic heterocycles. The molecule has 1 saturated heterocycles. The molecule has 31 heavy (non-hydrogen) atoms. The fourth-order valence-corrected chi connectivity index (χ4v) is 4.41. The highest BCUT2D eigenvalue weighted by atomic mass is 32.2. The first-order valence-electron chi connectivity index (χ1n) is 10.8. The zero-order valence-corrected chi connectivity index (χ0v) is 20.8. The van der Waals surface area contributed by atoms with Gasteiger partial charge < -0.3 is 9.55 Å². The van der Waals surface area contributed by atoms with Crippen molar-refractivity contribution in [3.05, 3.63) is 53.7 Å². The molecule has 1 amide bonds. The van der Waals surface area contributed by atoms with Crippen molar-refractivity contribution >= 4 is 43.2 Å². The summed E-state index contributed by atoms with van der Waals surface area (Å²) >= 11 is 6.18. The molecule has 0 spiro atoms. The molecule has 0 N–H and O–H groups in total. The molecule has 1 radical (unpaired) electrons. The Morgan fingerprint density at radius 3 is 2.42 bits per heavy atom. The Hall–Kier alpha value is -1.44. The quantitative estimate of drug-likeness (QED) is 0.359. The maximum Gasteiger partial charge on any atom is 0.332 e. The molecular formula is C24H32BN2O2S2. The van der Waals surface area contributed by atoms with E-state index in [4.69, 9.17) is 4.65 Å². The Morgan fingerprint density at radius 1 is 1.19 bits per heavy atom. The van der Waals surface area contributed by atoms with E-state index in [2.05, 4.69) is 23.7 Å². The van der Waals surface area contributed by atoms with Gasteiger partial charge in [0.2, 0.25) is 5.91 Å². The molecule has 0 bridgehead atoms. The number of carbonyl (C=O) groups excluding carboxylic acids is 1. The zero-order valence-electron chi connectivity index (χ0n) is 19.1. The van der Waals surface area contributed by atoms with Crippen molar-refractivity contribution in [1.82, 2.24) is 9.88 Å². The zero-order chi connectivity index (χ0) is 22.6. The Kier molecular flexibility index (Phi) is 7.82. The van der Waals surface area contributed by atoms with Gasteiger partial charge in [-0.15, -0.1) is 0 Å². The van der Waals surface area contributed by atoms with Gasteiger partial charge in [0.05, 0.1) is 10.6 Å². The van der Waals surface area contributed by atoms with Crippen LogP contribution in [0.25, 0.3) is 0 Å². The average Bonchev–Trinajstić information content (AvgIpc) is 3.26. The maximum atomic E-state index is 13.3. The number of thioether (sulfide) groups is 1. The molecule has 1 aromatic carbocycles. The lowest BCUT2D eigenvalue weighted by Crippen LogP contribution is -2.45. The summed E-state index contributed by atoms with van der Waals surface area (Å²) in [4.78, 5) is 19.9. The molecule has 0 aliphatic carbocycles. The molecule has 1 aromatic heterocycles. The summed E-state index contributed by atoms with van der Waals surface area (Å²) in [6.45, 7) is 11.8. The van der Waals surface area contributed by atoms with E-state index < -0.39 is 5.60 Å². The van der Waals surface area contributed by atoms with Crippen molar-refractivity contribution < 1.29 is 9.45 Å². The van der Waals surface area contributed by atoms with Gasteiger partial charge in [0.25, 0.3) is 0 Å². The molecule has 2 aromatic rings. The van der Waals surface area contributed by atoms with Crippen molar-refractivity contribution in [2.75, 3.05) is 13.1 Å². The molecule has 1 atom stereocenters. The van der Waals surface area contributed by atoms with Gasteiger partial charge in [0, 0.05) is 24.0 Å². The van der Waals surface area contributed by atoms with E-state index >= 15 is 0 Å². The summed E-state index contributed by atoms with van der Waals surface area (Å²) in [5, 5.41) is 0.577. The predicted octanol–water partition coefficient (Wildman–Crippen LogP) is 4.59. The molecule has 165 valence electrons. The maximum absolute atomic E-state index is 13.3. The van der Waals surface area contributed by atoms with Gasteiger partial charge in [-0.1, -0.05) is 48.2 Å². The summed E-state index contributed by atoms with van der Waals surface area (Å²) in [7, 11) is 1.75. The second-order valence-electron chi connectivity index (χ2n) is 9.14. The number of rotatable bonds is 8. The van der Waals surface area contributed by atoms with Crippen LogP contribution in [-0.4, -0.2) is 46.7 Å². The SMILES string of the molecule is Cc1cc([B]OC(C)(C)C(C)(C)S)cnc1SC(C(=O)N1CCCC1)c1ccccc1. The van der Waals surface area contributed by atoms with Gasteiger partial charge in [0.15, 0.2) is 0 Å². The highest BCUT2D eigenvalue weighted by molar-refractivity contribution is 8.00. The standard InChI is InChI=1S/C24H32BN2O2S2/c1-17-15-19(25-29-23(2,3)24(4,5)30)16-26-21(17)31-20(18-11-7-6-8-12-18)22(28)27-13-9-10-14-27/h6-8,11-12,15-16,20,30H,9-10,13-14H2,1-5H3. The summed E-state index contributed by atoms with van der Waals surface area (Å²) in [5.41, 5.74) is 2.51. The molecule has 7 heteroatoms. The minimum absolute atomic E-state index is 0.173. The minimum Gasteiger partial charge on any atom is -0.428 e. The molecule has 1 fully saturated rings. The Labute approximate surface area is 197 Å². The van der Waals surface area contributed by atoms with Crippen molar-refractivity contribution in [2.45, 2.75) is 68.1 Å². The van der Waals surface area contributed by atoms with Crippen LogP contribution in [0.2, 0.25) is 0 Å². The van der Waals surface area contributed by atoms with E-state index in [9.17, 15) is 4.79 Å². The van der Waals surface area contributed by atoms with Gasteiger partial charge in [-0.05, 0) is 64.1 Å². The van der Waals surface area contributed by atoms with E-state index in [1.165, 1.54) is 11.8 Å². The van der Waals surface area contributed by atoms with Crippen molar-refractivity contribution in [3.63, 3.8) is 0 Å².